The zero-order chi connectivity index (χ0) is 12.8. The molecular weight excluding hydrogens is 240 g/mol. The van der Waals surface area contributed by atoms with Crippen LogP contribution in [0.4, 0.5) is 4.79 Å². The molecule has 2 atom stereocenters. The van der Waals surface area contributed by atoms with Crippen molar-refractivity contribution in [3.63, 3.8) is 0 Å². The number of carboxylic acid groups (broad SMARTS) is 1. The minimum Gasteiger partial charge on any atom is -0.481 e. The van der Waals surface area contributed by atoms with E-state index in [9.17, 15) is 9.59 Å². The zero-order valence-corrected chi connectivity index (χ0v) is 11.0. The normalized spacial score (nSPS) is 18.2. The van der Waals surface area contributed by atoms with Gasteiger partial charge in [-0.3, -0.25) is 4.79 Å². The maximum atomic E-state index is 11.6. The fourth-order valence-electron chi connectivity index (χ4n) is 1.56. The van der Waals surface area contributed by atoms with Crippen molar-refractivity contribution in [1.82, 2.24) is 10.6 Å². The molecule has 0 aromatic carbocycles. The second-order valence-corrected chi connectivity index (χ2v) is 5.72. The predicted molar refractivity (Wildman–Crippen MR) is 68.3 cm³/mol. The monoisotopic (exact) mass is 260 g/mol. The van der Waals surface area contributed by atoms with Crippen molar-refractivity contribution < 1.29 is 14.7 Å². The smallest absolute Gasteiger partial charge is 0.315 e. The van der Waals surface area contributed by atoms with E-state index >= 15 is 0 Å². The van der Waals surface area contributed by atoms with Crippen LogP contribution in [0.2, 0.25) is 0 Å². The molecule has 17 heavy (non-hydrogen) atoms. The van der Waals surface area contributed by atoms with Gasteiger partial charge in [-0.2, -0.15) is 11.8 Å². The van der Waals surface area contributed by atoms with Crippen molar-refractivity contribution >= 4 is 23.8 Å². The number of carboxylic acids is 1. The number of hydrogen-bond acceptors (Lipinski definition) is 3. The van der Waals surface area contributed by atoms with Crippen molar-refractivity contribution in [2.45, 2.75) is 37.5 Å². The number of nitrogens with one attached hydrogen (secondary N) is 2. The van der Waals surface area contributed by atoms with Gasteiger partial charge in [-0.1, -0.05) is 6.92 Å². The highest BCUT2D eigenvalue weighted by molar-refractivity contribution is 7.99. The highest BCUT2D eigenvalue weighted by Gasteiger charge is 2.33. The first-order valence-corrected chi connectivity index (χ1v) is 7.10. The maximum absolute atomic E-state index is 11.6. The fraction of sp³-hybridized carbons (Fsp3) is 0.818. The van der Waals surface area contributed by atoms with E-state index in [2.05, 4.69) is 10.6 Å². The molecule has 2 amide bonds. The second-order valence-electron chi connectivity index (χ2n) is 4.44. The predicted octanol–water partition coefficient (Wildman–Crippen LogP) is 1.29. The first-order valence-electron chi connectivity index (χ1n) is 5.82. The van der Waals surface area contributed by atoms with Gasteiger partial charge in [0.25, 0.3) is 0 Å². The maximum Gasteiger partial charge on any atom is 0.315 e. The Morgan fingerprint density at radius 2 is 2.12 bits per heavy atom. The van der Waals surface area contributed by atoms with Crippen LogP contribution in [0.5, 0.6) is 0 Å². The van der Waals surface area contributed by atoms with E-state index in [4.69, 9.17) is 5.11 Å². The van der Waals surface area contributed by atoms with Crippen LogP contribution in [0, 0.1) is 5.92 Å². The third-order valence-corrected chi connectivity index (χ3v) is 3.83. The Morgan fingerprint density at radius 3 is 2.59 bits per heavy atom. The molecule has 0 radical (unpaired) electrons. The number of carbonyl (C=O) groups is 2. The standard InChI is InChI=1S/C11H20N2O3S/c1-7(17-2)6-12-11(16)13-9(5-10(14)15)8-3-4-8/h7-9H,3-6H2,1-2H3,(H,14,15)(H2,12,13,16). The van der Waals surface area contributed by atoms with Crippen molar-refractivity contribution in [2.24, 2.45) is 5.92 Å². The number of hydrogen-bond donors (Lipinski definition) is 3. The van der Waals surface area contributed by atoms with Crippen LogP contribution in [0.1, 0.15) is 26.2 Å². The topological polar surface area (TPSA) is 78.4 Å². The average molecular weight is 260 g/mol. The van der Waals surface area contributed by atoms with Crippen molar-refractivity contribution in [3.05, 3.63) is 0 Å². The fourth-order valence-corrected chi connectivity index (χ4v) is 1.81. The second kappa shape index (κ2) is 6.74. The zero-order valence-electron chi connectivity index (χ0n) is 10.2. The molecule has 0 spiro atoms. The Bertz CT molecular complexity index is 282. The molecule has 98 valence electrons. The number of thioether (sulfide) groups is 1. The van der Waals surface area contributed by atoms with Gasteiger partial charge in [0.15, 0.2) is 0 Å². The molecule has 1 aliphatic rings. The third-order valence-electron chi connectivity index (χ3n) is 2.85. The Balaban J connectivity index is 2.28. The number of amides is 2. The molecule has 1 rings (SSSR count). The molecular formula is C11H20N2O3S. The summed E-state index contributed by atoms with van der Waals surface area (Å²) in [6, 6.07) is -0.485. The molecule has 0 bridgehead atoms. The first kappa shape index (κ1) is 14.2. The summed E-state index contributed by atoms with van der Waals surface area (Å²) in [5, 5.41) is 14.6. The van der Waals surface area contributed by atoms with Gasteiger partial charge >= 0.3 is 12.0 Å². The summed E-state index contributed by atoms with van der Waals surface area (Å²) in [5.74, 6) is -0.519. The molecule has 1 fully saturated rings. The van der Waals surface area contributed by atoms with Gasteiger partial charge in [-0.25, -0.2) is 4.79 Å². The van der Waals surface area contributed by atoms with Crippen LogP contribution in [0.3, 0.4) is 0 Å². The van der Waals surface area contributed by atoms with Crippen LogP contribution in [-0.4, -0.2) is 41.2 Å². The van der Waals surface area contributed by atoms with Gasteiger partial charge in [0, 0.05) is 17.8 Å². The van der Waals surface area contributed by atoms with E-state index in [1.807, 2.05) is 13.2 Å². The van der Waals surface area contributed by atoms with E-state index < -0.39 is 5.97 Å². The van der Waals surface area contributed by atoms with Crippen molar-refractivity contribution in [3.8, 4) is 0 Å². The van der Waals surface area contributed by atoms with Gasteiger partial charge in [0.05, 0.1) is 6.42 Å². The van der Waals surface area contributed by atoms with E-state index in [1.165, 1.54) is 0 Å². The molecule has 0 saturated heterocycles. The van der Waals surface area contributed by atoms with Gasteiger partial charge < -0.3 is 15.7 Å². The molecule has 3 N–H and O–H groups in total. The summed E-state index contributed by atoms with van der Waals surface area (Å²) in [7, 11) is 0. The lowest BCUT2D eigenvalue weighted by atomic mass is 10.1. The van der Waals surface area contributed by atoms with Gasteiger partial charge in [-0.15, -0.1) is 0 Å². The minimum atomic E-state index is -0.861. The molecule has 0 aromatic rings. The number of urea groups is 1. The molecule has 1 aliphatic carbocycles. The molecule has 0 aromatic heterocycles. The van der Waals surface area contributed by atoms with Crippen molar-refractivity contribution in [1.29, 1.82) is 0 Å². The Labute approximate surface area is 106 Å². The average Bonchev–Trinajstić information content (AvgIpc) is 3.08. The van der Waals surface area contributed by atoms with Crippen LogP contribution < -0.4 is 10.6 Å². The molecule has 2 unspecified atom stereocenters. The first-order chi connectivity index (χ1) is 8.02. The number of aliphatic carboxylic acids is 1. The number of carbonyl (C=O) groups excluding carboxylic acids is 1. The Hall–Kier alpha value is -0.910. The molecule has 1 saturated carbocycles. The van der Waals surface area contributed by atoms with Crippen molar-refractivity contribution in [2.75, 3.05) is 12.8 Å². The van der Waals surface area contributed by atoms with Crippen LogP contribution in [-0.2, 0) is 4.79 Å². The highest BCUT2D eigenvalue weighted by Crippen LogP contribution is 2.33. The van der Waals surface area contributed by atoms with E-state index in [0.29, 0.717) is 17.7 Å². The minimum absolute atomic E-state index is 0.0101. The summed E-state index contributed by atoms with van der Waals surface area (Å²) in [6.07, 6.45) is 4.02. The lowest BCUT2D eigenvalue weighted by molar-refractivity contribution is -0.137. The van der Waals surface area contributed by atoms with Gasteiger partial charge in [0.2, 0.25) is 0 Å². The summed E-state index contributed by atoms with van der Waals surface area (Å²) >= 11 is 1.68. The molecule has 5 nitrogen and oxygen atoms in total. The van der Waals surface area contributed by atoms with E-state index in [1.54, 1.807) is 11.8 Å². The van der Waals surface area contributed by atoms with Crippen LogP contribution >= 0.6 is 11.8 Å². The highest BCUT2D eigenvalue weighted by atomic mass is 32.2. The Kier molecular flexibility index (Phi) is 5.61. The molecule has 0 aliphatic heterocycles. The quantitative estimate of drug-likeness (QED) is 0.644. The summed E-state index contributed by atoms with van der Waals surface area (Å²) in [5.41, 5.74) is 0. The summed E-state index contributed by atoms with van der Waals surface area (Å²) < 4.78 is 0. The Morgan fingerprint density at radius 1 is 1.47 bits per heavy atom. The lowest BCUT2D eigenvalue weighted by Crippen LogP contribution is -2.45. The van der Waals surface area contributed by atoms with E-state index in [-0.39, 0.29) is 18.5 Å². The van der Waals surface area contributed by atoms with Crippen LogP contribution in [0.15, 0.2) is 0 Å². The summed E-state index contributed by atoms with van der Waals surface area (Å²) in [6.45, 7) is 2.62. The van der Waals surface area contributed by atoms with Gasteiger partial charge in [0.1, 0.15) is 0 Å². The number of rotatable bonds is 7. The van der Waals surface area contributed by atoms with Gasteiger partial charge in [-0.05, 0) is 25.0 Å². The molecule has 0 heterocycles. The third kappa shape index (κ3) is 5.81. The van der Waals surface area contributed by atoms with E-state index in [0.717, 1.165) is 12.8 Å². The van der Waals surface area contributed by atoms with Crippen LogP contribution in [0.25, 0.3) is 0 Å². The molecule has 6 heteroatoms. The summed E-state index contributed by atoms with van der Waals surface area (Å²) in [4.78, 5) is 22.2. The largest absolute Gasteiger partial charge is 0.481 e. The lowest BCUT2D eigenvalue weighted by Gasteiger charge is -2.17. The SMILES string of the molecule is CSC(C)CNC(=O)NC(CC(=O)O)C1CC1.